The van der Waals surface area contributed by atoms with E-state index in [1.54, 1.807) is 0 Å². The molecule has 3 rings (SSSR count). The Labute approximate surface area is 183 Å². The number of aromatic nitrogens is 1. The summed E-state index contributed by atoms with van der Waals surface area (Å²) in [7, 11) is 0. The number of benzene rings is 1. The molecule has 0 atom stereocenters. The molecule has 1 aromatic carbocycles. The van der Waals surface area contributed by atoms with Crippen LogP contribution in [0.5, 0.6) is 0 Å². The predicted molar refractivity (Wildman–Crippen MR) is 122 cm³/mol. The highest BCUT2D eigenvalue weighted by molar-refractivity contribution is 7.20. The Hall–Kier alpha value is -1.59. The van der Waals surface area contributed by atoms with Gasteiger partial charge in [-0.2, -0.15) is 0 Å². The van der Waals surface area contributed by atoms with Gasteiger partial charge in [-0.25, -0.2) is 4.98 Å². The first-order valence-electron chi connectivity index (χ1n) is 10.4. The molecule has 0 aliphatic heterocycles. The molecule has 29 heavy (non-hydrogen) atoms. The number of halogens is 1. The number of nitrogens with zero attached hydrogens (tertiary/aromatic N) is 2. The summed E-state index contributed by atoms with van der Waals surface area (Å²) < 4.78 is 6.20. The van der Waals surface area contributed by atoms with Crippen LogP contribution >= 0.6 is 22.9 Å². The van der Waals surface area contributed by atoms with E-state index in [9.17, 15) is 4.79 Å². The minimum absolute atomic E-state index is 0.169. The Kier molecular flexibility index (Phi) is 6.90. The zero-order valence-electron chi connectivity index (χ0n) is 18.0. The highest BCUT2D eigenvalue weighted by Gasteiger charge is 2.28. The quantitative estimate of drug-likeness (QED) is 0.482. The van der Waals surface area contributed by atoms with Crippen LogP contribution in [-0.4, -0.2) is 29.1 Å². The number of hydrogen-bond donors (Lipinski definition) is 0. The van der Waals surface area contributed by atoms with Crippen LogP contribution in [0.1, 0.15) is 64.0 Å². The number of thiazole rings is 1. The van der Waals surface area contributed by atoms with Gasteiger partial charge in [-0.05, 0) is 53.0 Å². The van der Waals surface area contributed by atoms with Gasteiger partial charge in [0.1, 0.15) is 15.6 Å². The maximum atomic E-state index is 12.3. The molecule has 158 valence electrons. The van der Waals surface area contributed by atoms with Crippen molar-refractivity contribution >= 4 is 34.0 Å². The lowest BCUT2D eigenvalue weighted by molar-refractivity contribution is -0.154. The lowest BCUT2D eigenvalue weighted by Gasteiger charge is -2.29. The molecule has 0 spiro atoms. The third kappa shape index (κ3) is 5.73. The van der Waals surface area contributed by atoms with Crippen LogP contribution < -0.4 is 4.90 Å². The van der Waals surface area contributed by atoms with Gasteiger partial charge in [-0.15, -0.1) is 0 Å². The van der Waals surface area contributed by atoms with Gasteiger partial charge < -0.3 is 9.64 Å². The van der Waals surface area contributed by atoms with Crippen molar-refractivity contribution in [2.45, 2.75) is 78.4 Å². The van der Waals surface area contributed by atoms with E-state index in [1.165, 1.54) is 35.3 Å². The molecule has 1 heterocycles. The molecule has 0 radical (unpaired) electrons. The number of ether oxygens (including phenoxy) is 1. The van der Waals surface area contributed by atoms with Crippen LogP contribution in [0.2, 0.25) is 4.34 Å². The summed E-state index contributed by atoms with van der Waals surface area (Å²) in [6, 6.07) is 6.75. The second-order valence-electron chi connectivity index (χ2n) is 8.91. The zero-order valence-corrected chi connectivity index (χ0v) is 19.6. The van der Waals surface area contributed by atoms with Gasteiger partial charge in [-0.3, -0.25) is 4.79 Å². The van der Waals surface area contributed by atoms with Crippen LogP contribution in [0.4, 0.5) is 5.13 Å². The molecule has 0 amide bonds. The summed E-state index contributed by atoms with van der Waals surface area (Å²) in [4.78, 5) is 19.5. The number of carbonyl (C=O) groups is 1. The van der Waals surface area contributed by atoms with E-state index in [-0.39, 0.29) is 5.97 Å². The number of esters is 1. The summed E-state index contributed by atoms with van der Waals surface area (Å²) in [5.41, 5.74) is 3.84. The van der Waals surface area contributed by atoms with Crippen LogP contribution in [0, 0.1) is 13.8 Å². The Morgan fingerprint density at radius 2 is 1.97 bits per heavy atom. The van der Waals surface area contributed by atoms with Crippen molar-refractivity contribution in [3.8, 4) is 11.3 Å². The molecular weight excluding hydrogens is 404 g/mol. The molecule has 0 saturated heterocycles. The van der Waals surface area contributed by atoms with Crippen molar-refractivity contribution in [3.05, 3.63) is 33.7 Å². The number of rotatable bonds is 6. The van der Waals surface area contributed by atoms with Gasteiger partial charge in [0.05, 0.1) is 6.42 Å². The normalized spacial score (nSPS) is 15.0. The molecule has 0 N–H and O–H groups in total. The summed E-state index contributed by atoms with van der Waals surface area (Å²) >= 11 is 8.14. The van der Waals surface area contributed by atoms with Crippen molar-refractivity contribution in [3.63, 3.8) is 0 Å². The molecule has 0 unspecified atom stereocenters. The summed E-state index contributed by atoms with van der Waals surface area (Å²) in [5.74, 6) is -0.169. The molecule has 1 aliphatic carbocycles. The van der Waals surface area contributed by atoms with Gasteiger partial charge in [0.2, 0.25) is 0 Å². The molecule has 1 fully saturated rings. The molecule has 2 aromatic rings. The Morgan fingerprint density at radius 3 is 2.59 bits per heavy atom. The summed E-state index contributed by atoms with van der Waals surface area (Å²) in [5, 5.41) is 0.903. The molecule has 1 aliphatic rings. The predicted octanol–water partition coefficient (Wildman–Crippen LogP) is 6.56. The second kappa shape index (κ2) is 9.05. The minimum Gasteiger partial charge on any atom is -0.460 e. The fraction of sp³-hybridized carbons (Fsp3) is 0.565. The zero-order chi connectivity index (χ0) is 21.2. The fourth-order valence-corrected chi connectivity index (χ4v) is 5.17. The maximum absolute atomic E-state index is 12.3. The van der Waals surface area contributed by atoms with Crippen molar-refractivity contribution in [2.75, 3.05) is 11.4 Å². The smallest absolute Gasteiger partial charge is 0.308 e. The molecule has 0 bridgehead atoms. The topological polar surface area (TPSA) is 42.4 Å². The molecule has 6 heteroatoms. The Balaban J connectivity index is 1.84. The summed E-state index contributed by atoms with van der Waals surface area (Å²) in [6.07, 6.45) is 5.05. The average molecular weight is 435 g/mol. The third-order valence-electron chi connectivity index (χ3n) is 5.20. The van der Waals surface area contributed by atoms with E-state index in [1.807, 2.05) is 20.8 Å². The lowest BCUT2D eigenvalue weighted by atomic mass is 10.0. The van der Waals surface area contributed by atoms with Crippen LogP contribution in [0.3, 0.4) is 0 Å². The molecule has 1 saturated carbocycles. The number of aryl methyl sites for hydroxylation is 2. The first-order valence-corrected chi connectivity index (χ1v) is 11.6. The van der Waals surface area contributed by atoms with E-state index in [0.29, 0.717) is 23.3 Å². The number of hydrogen-bond acceptors (Lipinski definition) is 5. The van der Waals surface area contributed by atoms with Gasteiger partial charge in [0.25, 0.3) is 0 Å². The van der Waals surface area contributed by atoms with Gasteiger partial charge in [0.15, 0.2) is 5.13 Å². The van der Waals surface area contributed by atoms with Gasteiger partial charge >= 0.3 is 5.97 Å². The number of anilines is 1. The maximum Gasteiger partial charge on any atom is 0.308 e. The van der Waals surface area contributed by atoms with Crippen LogP contribution in [0.25, 0.3) is 11.3 Å². The number of carbonyl (C=O) groups excluding carboxylic acids is 1. The lowest BCUT2D eigenvalue weighted by Crippen LogP contribution is -2.36. The minimum atomic E-state index is -0.462. The van der Waals surface area contributed by atoms with E-state index >= 15 is 0 Å². The van der Waals surface area contributed by atoms with Crippen molar-refractivity contribution in [1.29, 1.82) is 0 Å². The van der Waals surface area contributed by atoms with Gasteiger partial charge in [0, 0.05) is 18.2 Å². The molecule has 4 nitrogen and oxygen atoms in total. The monoisotopic (exact) mass is 434 g/mol. The van der Waals surface area contributed by atoms with E-state index in [0.717, 1.165) is 29.2 Å². The standard InChI is InChI=1S/C23H31ClN2O2S/c1-15-10-11-18(16(2)14-15)20-21(24)29-22(25-20)26(17-8-6-7-9-17)13-12-19(27)28-23(3,4)5/h10-11,14,17H,6-9,12-13H2,1-5H3. The largest absolute Gasteiger partial charge is 0.460 e. The second-order valence-corrected chi connectivity index (χ2v) is 10.5. The summed E-state index contributed by atoms with van der Waals surface area (Å²) in [6.45, 7) is 10.5. The van der Waals surface area contributed by atoms with Crippen molar-refractivity contribution < 1.29 is 9.53 Å². The van der Waals surface area contributed by atoms with Crippen LogP contribution in [0.15, 0.2) is 18.2 Å². The van der Waals surface area contributed by atoms with Crippen molar-refractivity contribution in [1.82, 2.24) is 4.98 Å². The third-order valence-corrected chi connectivity index (χ3v) is 6.49. The highest BCUT2D eigenvalue weighted by Crippen LogP contribution is 2.40. The highest BCUT2D eigenvalue weighted by atomic mass is 35.5. The van der Waals surface area contributed by atoms with E-state index < -0.39 is 5.60 Å². The van der Waals surface area contributed by atoms with E-state index in [4.69, 9.17) is 21.3 Å². The Morgan fingerprint density at radius 1 is 1.28 bits per heavy atom. The first-order chi connectivity index (χ1) is 13.6. The van der Waals surface area contributed by atoms with Crippen LogP contribution in [-0.2, 0) is 9.53 Å². The van der Waals surface area contributed by atoms with E-state index in [2.05, 4.69) is 36.9 Å². The molecule has 1 aromatic heterocycles. The molecular formula is C23H31ClN2O2S. The SMILES string of the molecule is Cc1ccc(-c2nc(N(CCC(=O)OC(C)(C)C)C3CCCC3)sc2Cl)c(C)c1. The fourth-order valence-electron chi connectivity index (χ4n) is 3.91. The van der Waals surface area contributed by atoms with Crippen molar-refractivity contribution in [2.24, 2.45) is 0 Å². The first kappa shape index (κ1) is 22.1. The Bertz CT molecular complexity index is 866. The average Bonchev–Trinajstić information content (AvgIpc) is 3.24. The van der Waals surface area contributed by atoms with Gasteiger partial charge in [-0.1, -0.05) is 59.5 Å².